The average molecular weight is 334 g/mol. The SMILES string of the molecule is CCCC(=O)Nc1cccc(N[C@H](C)C(=O)NC(=O)NCC)c1C. The zero-order valence-electron chi connectivity index (χ0n) is 14.7. The number of amides is 4. The highest BCUT2D eigenvalue weighted by Crippen LogP contribution is 2.24. The summed E-state index contributed by atoms with van der Waals surface area (Å²) in [6.45, 7) is 7.68. The van der Waals surface area contributed by atoms with Crippen LogP contribution in [0.3, 0.4) is 0 Å². The second kappa shape index (κ2) is 9.54. The predicted octanol–water partition coefficient (Wildman–Crippen LogP) is 2.38. The van der Waals surface area contributed by atoms with E-state index in [0.29, 0.717) is 18.7 Å². The molecule has 0 saturated carbocycles. The van der Waals surface area contributed by atoms with E-state index in [1.54, 1.807) is 19.9 Å². The van der Waals surface area contributed by atoms with Crippen LogP contribution in [-0.2, 0) is 9.59 Å². The normalized spacial score (nSPS) is 11.3. The van der Waals surface area contributed by atoms with Crippen molar-refractivity contribution in [2.75, 3.05) is 17.2 Å². The number of nitrogens with one attached hydrogen (secondary N) is 4. The van der Waals surface area contributed by atoms with Gasteiger partial charge in [0.15, 0.2) is 0 Å². The monoisotopic (exact) mass is 334 g/mol. The number of rotatable bonds is 7. The lowest BCUT2D eigenvalue weighted by Crippen LogP contribution is -2.45. The van der Waals surface area contributed by atoms with Gasteiger partial charge in [-0.2, -0.15) is 0 Å². The zero-order valence-corrected chi connectivity index (χ0v) is 14.7. The summed E-state index contributed by atoms with van der Waals surface area (Å²) in [6.07, 6.45) is 1.24. The van der Waals surface area contributed by atoms with E-state index in [4.69, 9.17) is 0 Å². The topological polar surface area (TPSA) is 99.3 Å². The van der Waals surface area contributed by atoms with E-state index >= 15 is 0 Å². The van der Waals surface area contributed by atoms with Crippen molar-refractivity contribution < 1.29 is 14.4 Å². The molecule has 0 radical (unpaired) electrons. The van der Waals surface area contributed by atoms with E-state index in [2.05, 4.69) is 21.3 Å². The maximum absolute atomic E-state index is 12.0. The summed E-state index contributed by atoms with van der Waals surface area (Å²) >= 11 is 0. The quantitative estimate of drug-likeness (QED) is 0.615. The van der Waals surface area contributed by atoms with Crippen molar-refractivity contribution in [2.45, 2.75) is 46.6 Å². The fraction of sp³-hybridized carbons (Fsp3) is 0.471. The molecular formula is C17H26N4O3. The first kappa shape index (κ1) is 19.5. The van der Waals surface area contributed by atoms with Gasteiger partial charge in [0.2, 0.25) is 11.8 Å². The average Bonchev–Trinajstić information content (AvgIpc) is 2.51. The van der Waals surface area contributed by atoms with Crippen LogP contribution in [0.15, 0.2) is 18.2 Å². The van der Waals surface area contributed by atoms with Gasteiger partial charge in [0, 0.05) is 24.3 Å². The van der Waals surface area contributed by atoms with Gasteiger partial charge in [-0.25, -0.2) is 4.79 Å². The third-order valence-electron chi connectivity index (χ3n) is 3.42. The van der Waals surface area contributed by atoms with Gasteiger partial charge in [-0.1, -0.05) is 13.0 Å². The van der Waals surface area contributed by atoms with Crippen LogP contribution in [0.4, 0.5) is 16.2 Å². The van der Waals surface area contributed by atoms with E-state index in [0.717, 1.165) is 17.7 Å². The molecule has 1 aromatic rings. The van der Waals surface area contributed by atoms with Crippen molar-refractivity contribution >= 4 is 29.2 Å². The number of carbonyl (C=O) groups excluding carboxylic acids is 3. The van der Waals surface area contributed by atoms with Crippen LogP contribution in [0.25, 0.3) is 0 Å². The summed E-state index contributed by atoms with van der Waals surface area (Å²) in [6, 6.07) is 4.31. The molecule has 1 atom stereocenters. The Morgan fingerprint density at radius 1 is 1.12 bits per heavy atom. The molecule has 24 heavy (non-hydrogen) atoms. The molecule has 132 valence electrons. The molecular weight excluding hydrogens is 308 g/mol. The van der Waals surface area contributed by atoms with Gasteiger partial charge in [0.25, 0.3) is 0 Å². The number of hydrogen-bond acceptors (Lipinski definition) is 4. The second-order valence-corrected chi connectivity index (χ2v) is 5.49. The van der Waals surface area contributed by atoms with Gasteiger partial charge in [0.05, 0.1) is 0 Å². The molecule has 0 aliphatic carbocycles. The molecule has 1 rings (SSSR count). The molecule has 4 N–H and O–H groups in total. The first-order chi connectivity index (χ1) is 11.4. The Bertz CT molecular complexity index is 601. The Morgan fingerprint density at radius 2 is 1.79 bits per heavy atom. The number of carbonyl (C=O) groups is 3. The Morgan fingerprint density at radius 3 is 2.42 bits per heavy atom. The lowest BCUT2D eigenvalue weighted by Gasteiger charge is -2.18. The summed E-state index contributed by atoms with van der Waals surface area (Å²) in [5, 5.41) is 10.7. The molecule has 0 spiro atoms. The maximum atomic E-state index is 12.0. The van der Waals surface area contributed by atoms with Gasteiger partial charge < -0.3 is 16.0 Å². The van der Waals surface area contributed by atoms with Crippen LogP contribution < -0.4 is 21.3 Å². The minimum absolute atomic E-state index is 0.0419. The summed E-state index contributed by atoms with van der Waals surface area (Å²) < 4.78 is 0. The van der Waals surface area contributed by atoms with Crippen LogP contribution in [0.1, 0.15) is 39.2 Å². The molecule has 0 aliphatic rings. The number of benzene rings is 1. The lowest BCUT2D eigenvalue weighted by atomic mass is 10.1. The number of urea groups is 1. The van der Waals surface area contributed by atoms with Gasteiger partial charge in [-0.15, -0.1) is 0 Å². The highest BCUT2D eigenvalue weighted by atomic mass is 16.2. The third-order valence-corrected chi connectivity index (χ3v) is 3.42. The van der Waals surface area contributed by atoms with Crippen molar-refractivity contribution in [2.24, 2.45) is 0 Å². The van der Waals surface area contributed by atoms with Crippen LogP contribution in [0, 0.1) is 6.92 Å². The first-order valence-electron chi connectivity index (χ1n) is 8.13. The molecule has 4 amide bonds. The molecule has 0 bridgehead atoms. The van der Waals surface area contributed by atoms with Crippen molar-refractivity contribution in [3.05, 3.63) is 23.8 Å². The van der Waals surface area contributed by atoms with E-state index in [1.807, 2.05) is 26.0 Å². The van der Waals surface area contributed by atoms with Crippen LogP contribution in [-0.4, -0.2) is 30.4 Å². The molecule has 0 aromatic heterocycles. The molecule has 0 fully saturated rings. The summed E-state index contributed by atoms with van der Waals surface area (Å²) in [5.41, 5.74) is 2.26. The van der Waals surface area contributed by atoms with Gasteiger partial charge in [-0.3, -0.25) is 14.9 Å². The molecule has 7 heteroatoms. The van der Waals surface area contributed by atoms with Crippen LogP contribution in [0.2, 0.25) is 0 Å². The van der Waals surface area contributed by atoms with Crippen LogP contribution >= 0.6 is 0 Å². The minimum Gasteiger partial charge on any atom is -0.374 e. The Labute approximate surface area is 142 Å². The fourth-order valence-corrected chi connectivity index (χ4v) is 2.09. The third kappa shape index (κ3) is 5.91. The smallest absolute Gasteiger partial charge is 0.321 e. The van der Waals surface area contributed by atoms with Crippen molar-refractivity contribution in [3.8, 4) is 0 Å². The van der Waals surface area contributed by atoms with Gasteiger partial charge in [-0.05, 0) is 44.9 Å². The first-order valence-corrected chi connectivity index (χ1v) is 8.13. The van der Waals surface area contributed by atoms with E-state index < -0.39 is 18.0 Å². The van der Waals surface area contributed by atoms with E-state index in [-0.39, 0.29) is 5.91 Å². The Hall–Kier alpha value is -2.57. The van der Waals surface area contributed by atoms with Crippen molar-refractivity contribution in [1.29, 1.82) is 0 Å². The minimum atomic E-state index is -0.604. The Kier molecular flexibility index (Phi) is 7.74. The number of anilines is 2. The summed E-state index contributed by atoms with van der Waals surface area (Å²) in [4.78, 5) is 35.1. The van der Waals surface area contributed by atoms with Gasteiger partial charge >= 0.3 is 6.03 Å². The van der Waals surface area contributed by atoms with E-state index in [1.165, 1.54) is 0 Å². The largest absolute Gasteiger partial charge is 0.374 e. The summed E-state index contributed by atoms with van der Waals surface area (Å²) in [7, 11) is 0. The zero-order chi connectivity index (χ0) is 18.1. The fourth-order valence-electron chi connectivity index (χ4n) is 2.09. The molecule has 1 aromatic carbocycles. The van der Waals surface area contributed by atoms with Crippen molar-refractivity contribution in [3.63, 3.8) is 0 Å². The summed E-state index contributed by atoms with van der Waals surface area (Å²) in [5.74, 6) is -0.472. The predicted molar refractivity (Wildman–Crippen MR) is 95.0 cm³/mol. The molecule has 0 heterocycles. The number of hydrogen-bond donors (Lipinski definition) is 4. The molecule has 0 saturated heterocycles. The van der Waals surface area contributed by atoms with E-state index in [9.17, 15) is 14.4 Å². The van der Waals surface area contributed by atoms with Crippen LogP contribution in [0.5, 0.6) is 0 Å². The highest BCUT2D eigenvalue weighted by molar-refractivity contribution is 5.98. The molecule has 0 unspecified atom stereocenters. The van der Waals surface area contributed by atoms with Gasteiger partial charge in [0.1, 0.15) is 6.04 Å². The molecule has 0 aliphatic heterocycles. The highest BCUT2D eigenvalue weighted by Gasteiger charge is 2.16. The second-order valence-electron chi connectivity index (χ2n) is 5.49. The maximum Gasteiger partial charge on any atom is 0.321 e. The number of imide groups is 1. The Balaban J connectivity index is 2.75. The standard InChI is InChI=1S/C17H26N4O3/c1-5-8-15(22)20-14-10-7-9-13(11(14)3)19-12(4)16(23)21-17(24)18-6-2/h7,9-10,12,19H,5-6,8H2,1-4H3,(H,20,22)(H2,18,21,23,24)/t12-/m1/s1. The molecule has 7 nitrogen and oxygen atoms in total. The lowest BCUT2D eigenvalue weighted by molar-refractivity contribution is -0.120. The van der Waals surface area contributed by atoms with Crippen molar-refractivity contribution in [1.82, 2.24) is 10.6 Å².